The van der Waals surface area contributed by atoms with Crippen LogP contribution in [0.1, 0.15) is 13.3 Å². The maximum absolute atomic E-state index is 6.12. The largest absolute Gasteiger partial charge is 0.408 e. The Labute approximate surface area is 120 Å². The number of hydrogen-bond acceptors (Lipinski definition) is 2. The Morgan fingerprint density at radius 2 is 2.00 bits per heavy atom. The minimum absolute atomic E-state index is 0.0623. The average Bonchev–Trinajstić information content (AvgIpc) is 2.28. The molecule has 0 saturated carbocycles. The van der Waals surface area contributed by atoms with E-state index in [-0.39, 0.29) is 12.2 Å². The van der Waals surface area contributed by atoms with E-state index in [1.165, 1.54) is 0 Å². The SMILES string of the molecule is C=CC[C@@H](O[Si](C)(C)C=C)[C@H](C)OC/C=C\I. The lowest BCUT2D eigenvalue weighted by molar-refractivity contribution is -0.00388. The van der Waals surface area contributed by atoms with Crippen molar-refractivity contribution in [2.24, 2.45) is 0 Å². The summed E-state index contributed by atoms with van der Waals surface area (Å²) in [6.07, 6.45) is 4.80. The van der Waals surface area contributed by atoms with Gasteiger partial charge >= 0.3 is 0 Å². The molecule has 0 rings (SSSR count). The number of hydrogen-bond donors (Lipinski definition) is 0. The summed E-state index contributed by atoms with van der Waals surface area (Å²) < 4.78 is 13.8. The fourth-order valence-corrected chi connectivity index (χ4v) is 2.66. The van der Waals surface area contributed by atoms with Crippen molar-refractivity contribution in [2.75, 3.05) is 6.61 Å². The summed E-state index contributed by atoms with van der Waals surface area (Å²) in [7, 11) is -1.77. The van der Waals surface area contributed by atoms with Crippen molar-refractivity contribution in [3.8, 4) is 0 Å². The van der Waals surface area contributed by atoms with E-state index >= 15 is 0 Å². The summed E-state index contributed by atoms with van der Waals surface area (Å²) in [5, 5.41) is 0. The Morgan fingerprint density at radius 3 is 2.47 bits per heavy atom. The smallest absolute Gasteiger partial charge is 0.211 e. The zero-order valence-electron chi connectivity index (χ0n) is 11.0. The fourth-order valence-electron chi connectivity index (χ4n) is 1.29. The fraction of sp³-hybridized carbons (Fsp3) is 0.538. The highest BCUT2D eigenvalue weighted by Gasteiger charge is 2.26. The van der Waals surface area contributed by atoms with Crippen LogP contribution in [-0.2, 0) is 9.16 Å². The summed E-state index contributed by atoms with van der Waals surface area (Å²) in [5.74, 6) is 0. The first-order valence-corrected chi connectivity index (χ1v) is 9.99. The van der Waals surface area contributed by atoms with Crippen molar-refractivity contribution in [3.63, 3.8) is 0 Å². The van der Waals surface area contributed by atoms with E-state index in [9.17, 15) is 0 Å². The quantitative estimate of drug-likeness (QED) is 0.345. The molecule has 0 radical (unpaired) electrons. The number of ether oxygens (including phenoxy) is 1. The molecule has 0 aromatic heterocycles. The summed E-state index contributed by atoms with van der Waals surface area (Å²) >= 11 is 2.18. The topological polar surface area (TPSA) is 18.5 Å². The Morgan fingerprint density at radius 1 is 1.35 bits per heavy atom. The van der Waals surface area contributed by atoms with Gasteiger partial charge in [0.15, 0.2) is 0 Å². The molecule has 0 aromatic rings. The Bertz CT molecular complexity index is 264. The normalized spacial score (nSPS) is 15.8. The van der Waals surface area contributed by atoms with Crippen LogP contribution in [0.15, 0.2) is 35.1 Å². The standard InChI is InChI=1S/C13H23IO2Si/c1-6-9-13(16-17(4,5)7-2)12(3)15-11-8-10-14/h6-8,10,12-13H,1-2,9,11H2,3-5H3/b10-8-/t12-,13+/m0/s1. The number of halogens is 1. The van der Waals surface area contributed by atoms with Gasteiger partial charge in [-0.1, -0.05) is 40.4 Å². The monoisotopic (exact) mass is 366 g/mol. The second-order valence-electron chi connectivity index (χ2n) is 4.39. The molecule has 0 heterocycles. The first-order chi connectivity index (χ1) is 7.96. The van der Waals surface area contributed by atoms with Crippen LogP contribution in [0.3, 0.4) is 0 Å². The molecule has 4 heteroatoms. The van der Waals surface area contributed by atoms with Crippen LogP contribution in [0.5, 0.6) is 0 Å². The van der Waals surface area contributed by atoms with Gasteiger partial charge in [-0.05, 0) is 30.5 Å². The zero-order chi connectivity index (χ0) is 13.3. The first-order valence-electron chi connectivity index (χ1n) is 5.76. The summed E-state index contributed by atoms with van der Waals surface area (Å²) in [6, 6.07) is 0. The summed E-state index contributed by atoms with van der Waals surface area (Å²) in [4.78, 5) is 0. The lowest BCUT2D eigenvalue weighted by Gasteiger charge is -2.30. The highest BCUT2D eigenvalue weighted by molar-refractivity contribution is 14.1. The molecule has 0 aromatic carbocycles. The van der Waals surface area contributed by atoms with E-state index in [0.717, 1.165) is 6.42 Å². The molecule has 17 heavy (non-hydrogen) atoms. The third-order valence-electron chi connectivity index (χ3n) is 2.41. The molecular formula is C13H23IO2Si. The van der Waals surface area contributed by atoms with Crippen molar-refractivity contribution >= 4 is 30.9 Å². The van der Waals surface area contributed by atoms with Gasteiger partial charge in [0.05, 0.1) is 18.8 Å². The van der Waals surface area contributed by atoms with Crippen molar-refractivity contribution in [1.82, 2.24) is 0 Å². The average molecular weight is 366 g/mol. The molecule has 0 fully saturated rings. The molecule has 0 aliphatic rings. The first kappa shape index (κ1) is 17.1. The van der Waals surface area contributed by atoms with E-state index in [2.05, 4.69) is 48.8 Å². The predicted octanol–water partition coefficient (Wildman–Crippen LogP) is 4.23. The lowest BCUT2D eigenvalue weighted by Crippen LogP contribution is -2.39. The van der Waals surface area contributed by atoms with E-state index in [0.29, 0.717) is 6.61 Å². The molecule has 2 atom stereocenters. The molecule has 2 nitrogen and oxygen atoms in total. The van der Waals surface area contributed by atoms with E-state index in [1.54, 1.807) is 0 Å². The van der Waals surface area contributed by atoms with Gasteiger partial charge in [-0.25, -0.2) is 0 Å². The minimum Gasteiger partial charge on any atom is -0.408 e. The zero-order valence-corrected chi connectivity index (χ0v) is 14.1. The summed E-state index contributed by atoms with van der Waals surface area (Å²) in [6.45, 7) is 14.5. The maximum Gasteiger partial charge on any atom is 0.211 e. The lowest BCUT2D eigenvalue weighted by atomic mass is 10.1. The molecular weight excluding hydrogens is 343 g/mol. The van der Waals surface area contributed by atoms with E-state index < -0.39 is 8.32 Å². The highest BCUT2D eigenvalue weighted by Crippen LogP contribution is 2.16. The Balaban J connectivity index is 4.39. The van der Waals surface area contributed by atoms with Crippen molar-refractivity contribution in [3.05, 3.63) is 35.1 Å². The van der Waals surface area contributed by atoms with Crippen LogP contribution in [-0.4, -0.2) is 27.1 Å². The van der Waals surface area contributed by atoms with Gasteiger partial charge in [0, 0.05) is 0 Å². The Hall–Kier alpha value is 0.0869. The van der Waals surface area contributed by atoms with Crippen LogP contribution < -0.4 is 0 Å². The van der Waals surface area contributed by atoms with E-state index in [1.807, 2.05) is 28.9 Å². The number of rotatable bonds is 9. The predicted molar refractivity (Wildman–Crippen MR) is 85.9 cm³/mol. The summed E-state index contributed by atoms with van der Waals surface area (Å²) in [5.41, 5.74) is 1.94. The maximum atomic E-state index is 6.12. The molecule has 0 aliphatic carbocycles. The molecule has 0 N–H and O–H groups in total. The van der Waals surface area contributed by atoms with Crippen LogP contribution >= 0.6 is 22.6 Å². The molecule has 0 spiro atoms. The second-order valence-corrected chi connectivity index (χ2v) is 8.96. The van der Waals surface area contributed by atoms with Crippen molar-refractivity contribution in [1.29, 1.82) is 0 Å². The molecule has 0 saturated heterocycles. The van der Waals surface area contributed by atoms with Crippen LogP contribution in [0, 0.1) is 0 Å². The van der Waals surface area contributed by atoms with Crippen LogP contribution in [0.2, 0.25) is 13.1 Å². The van der Waals surface area contributed by atoms with Gasteiger partial charge in [0.2, 0.25) is 8.32 Å². The van der Waals surface area contributed by atoms with Gasteiger partial charge in [0.25, 0.3) is 0 Å². The van der Waals surface area contributed by atoms with Gasteiger partial charge in [-0.2, -0.15) is 0 Å². The molecule has 0 aliphatic heterocycles. The van der Waals surface area contributed by atoms with Crippen molar-refractivity contribution < 1.29 is 9.16 Å². The minimum atomic E-state index is -1.77. The van der Waals surface area contributed by atoms with Gasteiger partial charge in [-0.3, -0.25) is 0 Å². The molecule has 0 amide bonds. The highest BCUT2D eigenvalue weighted by atomic mass is 127. The second kappa shape index (κ2) is 9.07. The van der Waals surface area contributed by atoms with Gasteiger partial charge in [0.1, 0.15) is 0 Å². The molecule has 0 bridgehead atoms. The third-order valence-corrected chi connectivity index (χ3v) is 4.82. The third kappa shape index (κ3) is 7.91. The van der Waals surface area contributed by atoms with Crippen LogP contribution in [0.4, 0.5) is 0 Å². The van der Waals surface area contributed by atoms with E-state index in [4.69, 9.17) is 9.16 Å². The molecule has 98 valence electrons. The van der Waals surface area contributed by atoms with Crippen molar-refractivity contribution in [2.45, 2.75) is 38.6 Å². The van der Waals surface area contributed by atoms with Gasteiger partial charge in [-0.15, -0.1) is 13.2 Å². The Kier molecular flexibility index (Phi) is 9.12. The van der Waals surface area contributed by atoms with Crippen LogP contribution in [0.25, 0.3) is 0 Å². The van der Waals surface area contributed by atoms with Gasteiger partial charge < -0.3 is 9.16 Å². The molecule has 0 unspecified atom stereocenters.